The lowest BCUT2D eigenvalue weighted by molar-refractivity contribution is -0.122. The van der Waals surface area contributed by atoms with Gasteiger partial charge in [-0.3, -0.25) is 9.59 Å². The van der Waals surface area contributed by atoms with Gasteiger partial charge >= 0.3 is 0 Å². The SMILES string of the molecule is CCc1ccc(O[C@H](CC)C(=O)Nc2ccccc2C(=O)NC[C@@H]2CCCO2)cc1. The first-order valence-corrected chi connectivity index (χ1v) is 10.7. The molecule has 1 fully saturated rings. The lowest BCUT2D eigenvalue weighted by atomic mass is 10.1. The number of para-hydroxylation sites is 1. The van der Waals surface area contributed by atoms with Gasteiger partial charge in [0.05, 0.1) is 17.4 Å². The van der Waals surface area contributed by atoms with Crippen molar-refractivity contribution in [2.45, 2.75) is 51.7 Å². The molecule has 1 aliphatic rings. The number of anilines is 1. The first kappa shape index (κ1) is 21.8. The number of rotatable bonds is 9. The van der Waals surface area contributed by atoms with E-state index in [9.17, 15) is 9.59 Å². The highest BCUT2D eigenvalue weighted by molar-refractivity contribution is 6.04. The molecule has 2 aromatic rings. The van der Waals surface area contributed by atoms with Crippen molar-refractivity contribution >= 4 is 17.5 Å². The third-order valence-corrected chi connectivity index (χ3v) is 5.22. The summed E-state index contributed by atoms with van der Waals surface area (Å²) in [5.74, 6) is 0.138. The number of amides is 2. The van der Waals surface area contributed by atoms with E-state index in [2.05, 4.69) is 17.6 Å². The van der Waals surface area contributed by atoms with E-state index in [1.54, 1.807) is 24.3 Å². The van der Waals surface area contributed by atoms with E-state index in [1.165, 1.54) is 5.56 Å². The Balaban J connectivity index is 1.63. The molecular formula is C24H30N2O4. The van der Waals surface area contributed by atoms with Gasteiger partial charge < -0.3 is 20.1 Å². The van der Waals surface area contributed by atoms with Crippen LogP contribution in [0.2, 0.25) is 0 Å². The summed E-state index contributed by atoms with van der Waals surface area (Å²) >= 11 is 0. The van der Waals surface area contributed by atoms with Crippen LogP contribution >= 0.6 is 0 Å². The first-order valence-electron chi connectivity index (χ1n) is 10.7. The van der Waals surface area contributed by atoms with E-state index in [0.717, 1.165) is 25.9 Å². The Hall–Kier alpha value is -2.86. The summed E-state index contributed by atoms with van der Waals surface area (Å²) in [7, 11) is 0. The molecule has 30 heavy (non-hydrogen) atoms. The zero-order valence-corrected chi connectivity index (χ0v) is 17.6. The van der Waals surface area contributed by atoms with Crippen LogP contribution in [0.5, 0.6) is 5.75 Å². The van der Waals surface area contributed by atoms with Crippen LogP contribution in [0.3, 0.4) is 0 Å². The Morgan fingerprint density at radius 2 is 1.90 bits per heavy atom. The largest absolute Gasteiger partial charge is 0.481 e. The van der Waals surface area contributed by atoms with Crippen molar-refractivity contribution in [1.29, 1.82) is 0 Å². The molecular weight excluding hydrogens is 380 g/mol. The van der Waals surface area contributed by atoms with Crippen molar-refractivity contribution in [3.05, 3.63) is 59.7 Å². The number of carbonyl (C=O) groups excluding carboxylic acids is 2. The fourth-order valence-electron chi connectivity index (χ4n) is 3.40. The number of aryl methyl sites for hydroxylation is 1. The normalized spacial score (nSPS) is 16.7. The number of hydrogen-bond acceptors (Lipinski definition) is 4. The van der Waals surface area contributed by atoms with E-state index >= 15 is 0 Å². The molecule has 160 valence electrons. The third-order valence-electron chi connectivity index (χ3n) is 5.22. The van der Waals surface area contributed by atoms with Crippen molar-refractivity contribution in [3.63, 3.8) is 0 Å². The quantitative estimate of drug-likeness (QED) is 0.656. The predicted molar refractivity (Wildman–Crippen MR) is 117 cm³/mol. The molecule has 0 saturated carbocycles. The highest BCUT2D eigenvalue weighted by Gasteiger charge is 2.22. The fourth-order valence-corrected chi connectivity index (χ4v) is 3.40. The Bertz CT molecular complexity index is 845. The van der Waals surface area contributed by atoms with E-state index in [4.69, 9.17) is 9.47 Å². The Labute approximate surface area is 178 Å². The van der Waals surface area contributed by atoms with Gasteiger partial charge in [0.25, 0.3) is 11.8 Å². The molecule has 2 atom stereocenters. The van der Waals surface area contributed by atoms with Gasteiger partial charge in [0.15, 0.2) is 6.10 Å². The minimum absolute atomic E-state index is 0.0627. The zero-order chi connectivity index (χ0) is 21.3. The van der Waals surface area contributed by atoms with Crippen LogP contribution in [0.4, 0.5) is 5.69 Å². The second-order valence-electron chi connectivity index (χ2n) is 7.39. The number of carbonyl (C=O) groups is 2. The lowest BCUT2D eigenvalue weighted by Gasteiger charge is -2.19. The average molecular weight is 411 g/mol. The number of hydrogen-bond donors (Lipinski definition) is 2. The summed E-state index contributed by atoms with van der Waals surface area (Å²) in [6, 6.07) is 14.7. The number of nitrogens with one attached hydrogen (secondary N) is 2. The molecule has 2 aromatic carbocycles. The molecule has 0 bridgehead atoms. The fraction of sp³-hybridized carbons (Fsp3) is 0.417. The highest BCUT2D eigenvalue weighted by atomic mass is 16.5. The molecule has 0 aromatic heterocycles. The zero-order valence-electron chi connectivity index (χ0n) is 17.6. The Morgan fingerprint density at radius 3 is 2.57 bits per heavy atom. The highest BCUT2D eigenvalue weighted by Crippen LogP contribution is 2.19. The molecule has 0 radical (unpaired) electrons. The van der Waals surface area contributed by atoms with E-state index in [0.29, 0.717) is 30.0 Å². The van der Waals surface area contributed by atoms with Gasteiger partial charge in [-0.15, -0.1) is 0 Å². The second-order valence-corrected chi connectivity index (χ2v) is 7.39. The van der Waals surface area contributed by atoms with Gasteiger partial charge in [0, 0.05) is 13.2 Å². The van der Waals surface area contributed by atoms with Crippen LogP contribution in [-0.4, -0.2) is 37.2 Å². The minimum Gasteiger partial charge on any atom is -0.481 e. The standard InChI is InChI=1S/C24H30N2O4/c1-3-17-11-13-18(14-12-17)30-22(4-2)24(28)26-21-10-6-5-9-20(21)23(27)25-16-19-8-7-15-29-19/h5-6,9-14,19,22H,3-4,7-8,15-16H2,1-2H3,(H,25,27)(H,26,28)/t19-,22+/m0/s1. The van der Waals surface area contributed by atoms with Crippen molar-refractivity contribution in [1.82, 2.24) is 5.32 Å². The van der Waals surface area contributed by atoms with Crippen LogP contribution in [0.15, 0.2) is 48.5 Å². The molecule has 0 spiro atoms. The van der Waals surface area contributed by atoms with Crippen LogP contribution in [0.25, 0.3) is 0 Å². The summed E-state index contributed by atoms with van der Waals surface area (Å²) in [6.45, 7) is 5.19. The van der Waals surface area contributed by atoms with Crippen molar-refractivity contribution in [2.75, 3.05) is 18.5 Å². The van der Waals surface area contributed by atoms with Crippen LogP contribution in [0, 0.1) is 0 Å². The second kappa shape index (κ2) is 10.8. The summed E-state index contributed by atoms with van der Waals surface area (Å²) in [5.41, 5.74) is 2.10. The maximum Gasteiger partial charge on any atom is 0.265 e. The molecule has 0 unspecified atom stereocenters. The molecule has 3 rings (SSSR count). The molecule has 1 heterocycles. The number of benzene rings is 2. The summed E-state index contributed by atoms with van der Waals surface area (Å²) < 4.78 is 11.4. The lowest BCUT2D eigenvalue weighted by Crippen LogP contribution is -2.35. The molecule has 6 heteroatoms. The van der Waals surface area contributed by atoms with Crippen LogP contribution in [-0.2, 0) is 16.0 Å². The van der Waals surface area contributed by atoms with E-state index in [-0.39, 0.29) is 17.9 Å². The maximum atomic E-state index is 12.8. The summed E-state index contributed by atoms with van der Waals surface area (Å²) in [4.78, 5) is 25.5. The van der Waals surface area contributed by atoms with Gasteiger partial charge in [0.2, 0.25) is 0 Å². The molecule has 2 amide bonds. The molecule has 1 saturated heterocycles. The van der Waals surface area contributed by atoms with Gasteiger partial charge in [-0.1, -0.05) is 38.1 Å². The van der Waals surface area contributed by atoms with E-state index in [1.807, 2.05) is 31.2 Å². The molecule has 6 nitrogen and oxygen atoms in total. The monoisotopic (exact) mass is 410 g/mol. The van der Waals surface area contributed by atoms with Crippen LogP contribution in [0.1, 0.15) is 49.0 Å². The Kier molecular flexibility index (Phi) is 7.85. The molecule has 0 aliphatic carbocycles. The molecule has 2 N–H and O–H groups in total. The Morgan fingerprint density at radius 1 is 1.13 bits per heavy atom. The minimum atomic E-state index is -0.652. The van der Waals surface area contributed by atoms with Crippen molar-refractivity contribution < 1.29 is 19.1 Å². The predicted octanol–water partition coefficient (Wildman–Crippen LogP) is 3.95. The topological polar surface area (TPSA) is 76.7 Å². The maximum absolute atomic E-state index is 12.8. The van der Waals surface area contributed by atoms with Gasteiger partial charge in [-0.05, 0) is 55.5 Å². The number of ether oxygens (including phenoxy) is 2. The van der Waals surface area contributed by atoms with Crippen molar-refractivity contribution in [2.24, 2.45) is 0 Å². The smallest absolute Gasteiger partial charge is 0.265 e. The van der Waals surface area contributed by atoms with Gasteiger partial charge in [-0.25, -0.2) is 0 Å². The third kappa shape index (κ3) is 5.83. The summed E-state index contributed by atoms with van der Waals surface area (Å²) in [5, 5.41) is 5.76. The van der Waals surface area contributed by atoms with E-state index < -0.39 is 6.10 Å². The molecule has 1 aliphatic heterocycles. The summed E-state index contributed by atoms with van der Waals surface area (Å²) in [6.07, 6.45) is 2.84. The average Bonchev–Trinajstić information content (AvgIpc) is 3.30. The first-order chi connectivity index (χ1) is 14.6. The van der Waals surface area contributed by atoms with Crippen LogP contribution < -0.4 is 15.4 Å². The van der Waals surface area contributed by atoms with Crippen molar-refractivity contribution in [3.8, 4) is 5.75 Å². The van der Waals surface area contributed by atoms with Gasteiger partial charge in [-0.2, -0.15) is 0 Å². The van der Waals surface area contributed by atoms with Gasteiger partial charge in [0.1, 0.15) is 5.75 Å².